The predicted octanol–water partition coefficient (Wildman–Crippen LogP) is 4.18. The predicted molar refractivity (Wildman–Crippen MR) is 87.6 cm³/mol. The standard InChI is InChI=1S/C16H23N3OS/c1-3-5-9-19(10-6-4-2)16(20)14-12-13(17-18-14)15-8-7-11-21-15/h7-8,11-12H,3-6,9-10H2,1-2H3,(H,17,18). The average molecular weight is 305 g/mol. The molecular weight excluding hydrogens is 282 g/mol. The summed E-state index contributed by atoms with van der Waals surface area (Å²) in [5.74, 6) is 0.0379. The number of amides is 1. The monoisotopic (exact) mass is 305 g/mol. The van der Waals surface area contributed by atoms with Gasteiger partial charge in [0, 0.05) is 13.1 Å². The third-order valence-electron chi connectivity index (χ3n) is 3.43. The highest BCUT2D eigenvalue weighted by Gasteiger charge is 2.18. The zero-order valence-corrected chi connectivity index (χ0v) is 13.6. The number of nitrogens with one attached hydrogen (secondary N) is 1. The smallest absolute Gasteiger partial charge is 0.274 e. The summed E-state index contributed by atoms with van der Waals surface area (Å²) in [7, 11) is 0. The number of thiophene rings is 1. The first-order valence-electron chi connectivity index (χ1n) is 7.64. The highest BCUT2D eigenvalue weighted by molar-refractivity contribution is 7.13. The van der Waals surface area contributed by atoms with Crippen molar-refractivity contribution in [2.45, 2.75) is 39.5 Å². The number of unbranched alkanes of at least 4 members (excludes halogenated alkanes) is 2. The molecule has 0 aliphatic carbocycles. The molecule has 0 aliphatic heterocycles. The maximum atomic E-state index is 12.6. The molecule has 0 bridgehead atoms. The van der Waals surface area contributed by atoms with Crippen molar-refractivity contribution in [2.24, 2.45) is 0 Å². The second-order valence-corrected chi connectivity index (χ2v) is 6.09. The van der Waals surface area contributed by atoms with Gasteiger partial charge in [0.2, 0.25) is 0 Å². The molecule has 5 heteroatoms. The molecule has 0 unspecified atom stereocenters. The normalized spacial score (nSPS) is 10.8. The Balaban J connectivity index is 2.08. The van der Waals surface area contributed by atoms with E-state index in [1.54, 1.807) is 11.3 Å². The van der Waals surface area contributed by atoms with Crippen LogP contribution >= 0.6 is 11.3 Å². The molecule has 0 radical (unpaired) electrons. The molecule has 0 aliphatic rings. The van der Waals surface area contributed by atoms with Gasteiger partial charge in [-0.3, -0.25) is 9.89 Å². The second-order valence-electron chi connectivity index (χ2n) is 5.14. The molecule has 1 amide bonds. The van der Waals surface area contributed by atoms with E-state index in [1.165, 1.54) is 0 Å². The van der Waals surface area contributed by atoms with Crippen LogP contribution in [-0.2, 0) is 0 Å². The van der Waals surface area contributed by atoms with Gasteiger partial charge in [-0.25, -0.2) is 0 Å². The van der Waals surface area contributed by atoms with Crippen molar-refractivity contribution < 1.29 is 4.79 Å². The van der Waals surface area contributed by atoms with Crippen molar-refractivity contribution in [1.29, 1.82) is 0 Å². The molecule has 114 valence electrons. The minimum absolute atomic E-state index is 0.0379. The van der Waals surface area contributed by atoms with Crippen LogP contribution in [0.5, 0.6) is 0 Å². The number of hydrogen-bond acceptors (Lipinski definition) is 3. The topological polar surface area (TPSA) is 49.0 Å². The number of aromatic amines is 1. The van der Waals surface area contributed by atoms with E-state index >= 15 is 0 Å². The van der Waals surface area contributed by atoms with Gasteiger partial charge in [0.1, 0.15) is 0 Å². The molecule has 1 N–H and O–H groups in total. The van der Waals surface area contributed by atoms with Crippen molar-refractivity contribution >= 4 is 17.2 Å². The fourth-order valence-corrected chi connectivity index (χ4v) is 2.86. The summed E-state index contributed by atoms with van der Waals surface area (Å²) in [5, 5.41) is 9.19. The van der Waals surface area contributed by atoms with E-state index in [0.717, 1.165) is 49.3 Å². The van der Waals surface area contributed by atoms with Crippen LogP contribution in [0.4, 0.5) is 0 Å². The highest BCUT2D eigenvalue weighted by atomic mass is 32.1. The van der Waals surface area contributed by atoms with E-state index in [9.17, 15) is 4.79 Å². The molecule has 0 atom stereocenters. The molecule has 4 nitrogen and oxygen atoms in total. The fraction of sp³-hybridized carbons (Fsp3) is 0.500. The Hall–Kier alpha value is -1.62. The van der Waals surface area contributed by atoms with Crippen molar-refractivity contribution in [3.05, 3.63) is 29.3 Å². The van der Waals surface area contributed by atoms with Gasteiger partial charge in [-0.05, 0) is 30.4 Å². The van der Waals surface area contributed by atoms with E-state index in [2.05, 4.69) is 24.0 Å². The van der Waals surface area contributed by atoms with Gasteiger partial charge in [-0.2, -0.15) is 5.10 Å². The van der Waals surface area contributed by atoms with Crippen molar-refractivity contribution in [1.82, 2.24) is 15.1 Å². The lowest BCUT2D eigenvalue weighted by Gasteiger charge is -2.21. The molecular formula is C16H23N3OS. The SMILES string of the molecule is CCCCN(CCCC)C(=O)c1cc(-c2cccs2)[nH]n1. The van der Waals surface area contributed by atoms with Gasteiger partial charge in [-0.15, -0.1) is 11.3 Å². The van der Waals surface area contributed by atoms with Crippen LogP contribution in [-0.4, -0.2) is 34.1 Å². The maximum absolute atomic E-state index is 12.6. The van der Waals surface area contributed by atoms with Crippen LogP contribution in [0.2, 0.25) is 0 Å². The summed E-state index contributed by atoms with van der Waals surface area (Å²) in [4.78, 5) is 15.6. The van der Waals surface area contributed by atoms with Crippen LogP contribution in [0.15, 0.2) is 23.6 Å². The molecule has 2 rings (SSSR count). The van der Waals surface area contributed by atoms with Crippen LogP contribution in [0, 0.1) is 0 Å². The van der Waals surface area contributed by atoms with E-state index in [0.29, 0.717) is 5.69 Å². The Morgan fingerprint density at radius 1 is 1.29 bits per heavy atom. The summed E-state index contributed by atoms with van der Waals surface area (Å²) in [6.45, 7) is 5.92. The van der Waals surface area contributed by atoms with Crippen LogP contribution < -0.4 is 0 Å². The number of nitrogens with zero attached hydrogens (tertiary/aromatic N) is 2. The number of hydrogen-bond donors (Lipinski definition) is 1. The van der Waals surface area contributed by atoms with Crippen LogP contribution in [0.3, 0.4) is 0 Å². The van der Waals surface area contributed by atoms with E-state index in [-0.39, 0.29) is 5.91 Å². The molecule has 0 saturated carbocycles. The molecule has 0 aromatic carbocycles. The van der Waals surface area contributed by atoms with Crippen molar-refractivity contribution in [3.63, 3.8) is 0 Å². The summed E-state index contributed by atoms with van der Waals surface area (Å²) in [6, 6.07) is 5.88. The minimum Gasteiger partial charge on any atom is -0.337 e. The minimum atomic E-state index is 0.0379. The molecule has 0 spiro atoms. The third-order valence-corrected chi connectivity index (χ3v) is 4.34. The molecule has 2 aromatic heterocycles. The first-order chi connectivity index (χ1) is 10.3. The van der Waals surface area contributed by atoms with Crippen molar-refractivity contribution in [3.8, 4) is 10.6 Å². The maximum Gasteiger partial charge on any atom is 0.274 e. The lowest BCUT2D eigenvalue weighted by atomic mass is 10.2. The lowest BCUT2D eigenvalue weighted by molar-refractivity contribution is 0.0745. The van der Waals surface area contributed by atoms with Crippen molar-refractivity contribution in [2.75, 3.05) is 13.1 Å². The first-order valence-corrected chi connectivity index (χ1v) is 8.52. The van der Waals surface area contributed by atoms with Gasteiger partial charge in [0.05, 0.1) is 10.6 Å². The van der Waals surface area contributed by atoms with E-state index in [1.807, 2.05) is 28.5 Å². The summed E-state index contributed by atoms with van der Waals surface area (Å²) in [6.07, 6.45) is 4.27. The fourth-order valence-electron chi connectivity index (χ4n) is 2.16. The molecule has 2 heterocycles. The van der Waals surface area contributed by atoms with Gasteiger partial charge < -0.3 is 4.90 Å². The summed E-state index contributed by atoms with van der Waals surface area (Å²) >= 11 is 1.64. The summed E-state index contributed by atoms with van der Waals surface area (Å²) < 4.78 is 0. The lowest BCUT2D eigenvalue weighted by Crippen LogP contribution is -2.33. The third kappa shape index (κ3) is 4.17. The van der Waals surface area contributed by atoms with E-state index in [4.69, 9.17) is 0 Å². The Bertz CT molecular complexity index is 540. The van der Waals surface area contributed by atoms with E-state index < -0.39 is 0 Å². The van der Waals surface area contributed by atoms with Gasteiger partial charge in [0.25, 0.3) is 5.91 Å². The number of rotatable bonds is 8. The van der Waals surface area contributed by atoms with Gasteiger partial charge >= 0.3 is 0 Å². The Kier molecular flexibility index (Phi) is 5.99. The van der Waals surface area contributed by atoms with Crippen LogP contribution in [0.1, 0.15) is 50.0 Å². The number of carbonyl (C=O) groups is 1. The molecule has 2 aromatic rings. The largest absolute Gasteiger partial charge is 0.337 e. The number of H-pyrrole nitrogens is 1. The quantitative estimate of drug-likeness (QED) is 0.795. The van der Waals surface area contributed by atoms with Crippen LogP contribution in [0.25, 0.3) is 10.6 Å². The zero-order valence-electron chi connectivity index (χ0n) is 12.8. The number of aromatic nitrogens is 2. The molecule has 21 heavy (non-hydrogen) atoms. The Morgan fingerprint density at radius 2 is 2.00 bits per heavy atom. The highest BCUT2D eigenvalue weighted by Crippen LogP contribution is 2.23. The average Bonchev–Trinajstić information content (AvgIpc) is 3.17. The van der Waals surface area contributed by atoms with Gasteiger partial charge in [-0.1, -0.05) is 32.8 Å². The second kappa shape index (κ2) is 7.98. The number of carbonyl (C=O) groups excluding carboxylic acids is 1. The molecule has 0 saturated heterocycles. The molecule has 0 fully saturated rings. The first kappa shape index (κ1) is 15.8. The zero-order chi connectivity index (χ0) is 15.1. The van der Waals surface area contributed by atoms with Gasteiger partial charge in [0.15, 0.2) is 5.69 Å². The Morgan fingerprint density at radius 3 is 2.57 bits per heavy atom. The summed E-state index contributed by atoms with van der Waals surface area (Å²) in [5.41, 5.74) is 1.44. The Labute approximate surface area is 130 Å².